The van der Waals surface area contributed by atoms with Gasteiger partial charge in [0, 0.05) is 25.0 Å². The van der Waals surface area contributed by atoms with Gasteiger partial charge in [-0.15, -0.1) is 0 Å². The molecule has 1 aliphatic heterocycles. The van der Waals surface area contributed by atoms with E-state index >= 15 is 0 Å². The van der Waals surface area contributed by atoms with Crippen LogP contribution in [0.15, 0.2) is 36.7 Å². The Morgan fingerprint density at radius 3 is 2.76 bits per heavy atom. The summed E-state index contributed by atoms with van der Waals surface area (Å²) in [5.41, 5.74) is 11.7. The smallest absolute Gasteiger partial charge is 0.0561 e. The summed E-state index contributed by atoms with van der Waals surface area (Å²) in [5, 5.41) is 0. The van der Waals surface area contributed by atoms with Crippen molar-refractivity contribution in [2.24, 2.45) is 0 Å². The second kappa shape index (κ2) is 3.77. The molecule has 86 valence electrons. The summed E-state index contributed by atoms with van der Waals surface area (Å²) >= 11 is 0. The number of hydrogen-bond donors (Lipinski definition) is 1. The zero-order valence-electron chi connectivity index (χ0n) is 9.85. The van der Waals surface area contributed by atoms with E-state index in [2.05, 4.69) is 35.0 Å². The van der Waals surface area contributed by atoms with Crippen molar-refractivity contribution in [3.63, 3.8) is 0 Å². The molecule has 0 fully saturated rings. The number of fused-ring (bicyclic) bond motifs is 1. The molecule has 0 aliphatic carbocycles. The molecule has 0 bridgehead atoms. The molecule has 0 radical (unpaired) electrons. The molecule has 2 N–H and O–H groups in total. The highest BCUT2D eigenvalue weighted by atomic mass is 15.1. The van der Waals surface area contributed by atoms with Gasteiger partial charge in [-0.25, -0.2) is 0 Å². The summed E-state index contributed by atoms with van der Waals surface area (Å²) in [5.74, 6) is 0. The third-order valence-corrected chi connectivity index (χ3v) is 3.18. The third-order valence-electron chi connectivity index (χ3n) is 3.18. The largest absolute Gasteiger partial charge is 0.399 e. The summed E-state index contributed by atoms with van der Waals surface area (Å²) < 4.78 is 0. The number of nitrogens with zero attached hydrogens (tertiary/aromatic N) is 2. The van der Waals surface area contributed by atoms with Gasteiger partial charge in [0.05, 0.1) is 11.9 Å². The van der Waals surface area contributed by atoms with E-state index < -0.39 is 0 Å². The summed E-state index contributed by atoms with van der Waals surface area (Å²) in [6.07, 6.45) is 3.80. The van der Waals surface area contributed by atoms with E-state index in [-0.39, 0.29) is 0 Å². The van der Waals surface area contributed by atoms with Gasteiger partial charge in [0.15, 0.2) is 0 Å². The van der Waals surface area contributed by atoms with Crippen LogP contribution in [0.1, 0.15) is 16.7 Å². The Labute approximate surface area is 101 Å². The molecule has 2 aromatic rings. The van der Waals surface area contributed by atoms with Crippen LogP contribution in [0.2, 0.25) is 0 Å². The van der Waals surface area contributed by atoms with Crippen molar-refractivity contribution in [3.05, 3.63) is 53.3 Å². The fourth-order valence-corrected chi connectivity index (χ4v) is 2.31. The van der Waals surface area contributed by atoms with Crippen molar-refractivity contribution in [1.29, 1.82) is 0 Å². The molecule has 3 heteroatoms. The Balaban J connectivity index is 1.91. The van der Waals surface area contributed by atoms with Crippen LogP contribution in [0.25, 0.3) is 0 Å². The highest BCUT2D eigenvalue weighted by Gasteiger charge is 2.19. The van der Waals surface area contributed by atoms with Crippen molar-refractivity contribution in [3.8, 4) is 0 Å². The second-order valence-electron chi connectivity index (χ2n) is 4.60. The molecule has 1 aromatic heterocycles. The lowest BCUT2D eigenvalue weighted by Crippen LogP contribution is -2.14. The molecule has 17 heavy (non-hydrogen) atoms. The number of nitrogen functional groups attached to an aromatic ring is 1. The van der Waals surface area contributed by atoms with Gasteiger partial charge in [-0.2, -0.15) is 0 Å². The molecular formula is C14H15N3. The minimum atomic E-state index is 0.841. The molecule has 2 heterocycles. The number of anilines is 2. The van der Waals surface area contributed by atoms with Crippen molar-refractivity contribution in [2.75, 3.05) is 10.6 Å². The number of rotatable bonds is 1. The molecule has 0 saturated heterocycles. The van der Waals surface area contributed by atoms with E-state index in [1.807, 2.05) is 18.5 Å². The second-order valence-corrected chi connectivity index (χ2v) is 4.60. The monoisotopic (exact) mass is 225 g/mol. The first-order valence-corrected chi connectivity index (χ1v) is 5.76. The number of aryl methyl sites for hydroxylation is 1. The normalized spacial score (nSPS) is 13.8. The quantitative estimate of drug-likeness (QED) is 0.758. The van der Waals surface area contributed by atoms with Crippen LogP contribution < -0.4 is 10.6 Å². The molecule has 1 aliphatic rings. The molecule has 0 atom stereocenters. The van der Waals surface area contributed by atoms with Crippen LogP contribution >= 0.6 is 0 Å². The van der Waals surface area contributed by atoms with Gasteiger partial charge in [-0.05, 0) is 41.8 Å². The highest BCUT2D eigenvalue weighted by molar-refractivity contribution is 5.54. The van der Waals surface area contributed by atoms with Crippen LogP contribution in [0.4, 0.5) is 11.4 Å². The van der Waals surface area contributed by atoms with Gasteiger partial charge in [0.25, 0.3) is 0 Å². The number of pyridine rings is 1. The van der Waals surface area contributed by atoms with E-state index in [4.69, 9.17) is 5.73 Å². The molecule has 3 nitrogen and oxygen atoms in total. The van der Waals surface area contributed by atoms with E-state index in [0.29, 0.717) is 0 Å². The fourth-order valence-electron chi connectivity index (χ4n) is 2.31. The summed E-state index contributed by atoms with van der Waals surface area (Å²) in [6.45, 7) is 3.93. The minimum absolute atomic E-state index is 0.841. The lowest BCUT2D eigenvalue weighted by molar-refractivity contribution is 0.874. The standard InChI is InChI=1S/C14H15N3/c1-10-4-14(7-16-6-10)17-8-11-2-3-13(15)5-12(11)9-17/h2-7H,8-9,15H2,1H3. The van der Waals surface area contributed by atoms with Crippen molar-refractivity contribution >= 4 is 11.4 Å². The topological polar surface area (TPSA) is 42.2 Å². The zero-order chi connectivity index (χ0) is 11.8. The molecular weight excluding hydrogens is 210 g/mol. The maximum absolute atomic E-state index is 5.81. The third kappa shape index (κ3) is 1.84. The molecule has 0 amide bonds. The average Bonchev–Trinajstić information content (AvgIpc) is 2.72. The van der Waals surface area contributed by atoms with Crippen LogP contribution in [-0.4, -0.2) is 4.98 Å². The van der Waals surface area contributed by atoms with Crippen LogP contribution in [0.5, 0.6) is 0 Å². The van der Waals surface area contributed by atoms with Gasteiger partial charge >= 0.3 is 0 Å². The van der Waals surface area contributed by atoms with E-state index in [1.54, 1.807) is 0 Å². The van der Waals surface area contributed by atoms with E-state index in [9.17, 15) is 0 Å². The Kier molecular flexibility index (Phi) is 2.25. The van der Waals surface area contributed by atoms with Gasteiger partial charge in [-0.1, -0.05) is 6.07 Å². The Morgan fingerprint density at radius 1 is 1.12 bits per heavy atom. The van der Waals surface area contributed by atoms with Crippen molar-refractivity contribution in [1.82, 2.24) is 4.98 Å². The summed E-state index contributed by atoms with van der Waals surface area (Å²) in [7, 11) is 0. The predicted molar refractivity (Wildman–Crippen MR) is 69.7 cm³/mol. The first-order valence-electron chi connectivity index (χ1n) is 5.76. The lowest BCUT2D eigenvalue weighted by atomic mass is 10.1. The maximum atomic E-state index is 5.81. The number of benzene rings is 1. The van der Waals surface area contributed by atoms with Crippen molar-refractivity contribution in [2.45, 2.75) is 20.0 Å². The van der Waals surface area contributed by atoms with Crippen LogP contribution in [0.3, 0.4) is 0 Å². The summed E-state index contributed by atoms with van der Waals surface area (Å²) in [6, 6.07) is 8.32. The SMILES string of the molecule is Cc1cncc(N2Cc3ccc(N)cc3C2)c1. The summed E-state index contributed by atoms with van der Waals surface area (Å²) in [4.78, 5) is 6.57. The van der Waals surface area contributed by atoms with Crippen LogP contribution in [-0.2, 0) is 13.1 Å². The van der Waals surface area contributed by atoms with Gasteiger partial charge in [0.1, 0.15) is 0 Å². The zero-order valence-corrected chi connectivity index (χ0v) is 9.85. The average molecular weight is 225 g/mol. The number of hydrogen-bond acceptors (Lipinski definition) is 3. The van der Waals surface area contributed by atoms with E-state index in [0.717, 1.165) is 18.8 Å². The van der Waals surface area contributed by atoms with Crippen molar-refractivity contribution < 1.29 is 0 Å². The highest BCUT2D eigenvalue weighted by Crippen LogP contribution is 2.29. The van der Waals surface area contributed by atoms with Crippen LogP contribution in [0, 0.1) is 6.92 Å². The van der Waals surface area contributed by atoms with Gasteiger partial charge in [0.2, 0.25) is 0 Å². The Bertz CT molecular complexity index is 563. The molecule has 1 aromatic carbocycles. The molecule has 0 unspecified atom stereocenters. The minimum Gasteiger partial charge on any atom is -0.399 e. The first-order chi connectivity index (χ1) is 8.22. The first kappa shape index (κ1) is 10.1. The predicted octanol–water partition coefficient (Wildman–Crippen LogP) is 2.49. The molecule has 3 rings (SSSR count). The maximum Gasteiger partial charge on any atom is 0.0561 e. The fraction of sp³-hybridized carbons (Fsp3) is 0.214. The molecule has 0 saturated carbocycles. The number of nitrogens with two attached hydrogens (primary N) is 1. The van der Waals surface area contributed by atoms with Gasteiger partial charge < -0.3 is 10.6 Å². The van der Waals surface area contributed by atoms with Gasteiger partial charge in [-0.3, -0.25) is 4.98 Å². The Hall–Kier alpha value is -2.03. The molecule has 0 spiro atoms. The Morgan fingerprint density at radius 2 is 1.94 bits per heavy atom. The lowest BCUT2D eigenvalue weighted by Gasteiger charge is -2.17. The number of aromatic nitrogens is 1. The van der Waals surface area contributed by atoms with E-state index in [1.165, 1.54) is 22.4 Å².